The van der Waals surface area contributed by atoms with Crippen molar-refractivity contribution in [2.24, 2.45) is 0 Å². The van der Waals surface area contributed by atoms with Gasteiger partial charge in [-0.15, -0.1) is 9.78 Å². The van der Waals surface area contributed by atoms with Crippen LogP contribution >= 0.6 is 0 Å². The summed E-state index contributed by atoms with van der Waals surface area (Å²) in [5, 5.41) is 24.1. The molecule has 8 heterocycles. The highest BCUT2D eigenvalue weighted by atomic mass is 16.3. The van der Waals surface area contributed by atoms with Gasteiger partial charge < -0.3 is 35.3 Å². The molecular formula is C59H60N13O6+. The number of piperazine rings is 1. The molecule has 4 aromatic carbocycles. The molecule has 0 spiro atoms. The molecule has 4 aliphatic heterocycles. The lowest BCUT2D eigenvalue weighted by Gasteiger charge is -2.32. The molecule has 4 saturated heterocycles. The van der Waals surface area contributed by atoms with Crippen molar-refractivity contribution >= 4 is 64.1 Å². The molecule has 19 heteroatoms. The Hall–Kier alpha value is -8.97. The highest BCUT2D eigenvalue weighted by Crippen LogP contribution is 2.31. The second kappa shape index (κ2) is 21.6. The first-order valence-corrected chi connectivity index (χ1v) is 27.0. The fraction of sp³-hybridized carbons (Fsp3) is 0.305. The summed E-state index contributed by atoms with van der Waals surface area (Å²) >= 11 is 0. The van der Waals surface area contributed by atoms with Crippen molar-refractivity contribution in [3.63, 3.8) is 0 Å². The van der Waals surface area contributed by atoms with Crippen LogP contribution < -0.4 is 20.6 Å². The summed E-state index contributed by atoms with van der Waals surface area (Å²) in [4.78, 5) is 83.7. The normalized spacial score (nSPS) is 17.3. The number of nitrogens with zero attached hydrogens (tertiary/aromatic N) is 10. The van der Waals surface area contributed by atoms with Crippen LogP contribution in [-0.4, -0.2) is 143 Å². The lowest BCUT2D eigenvalue weighted by Crippen LogP contribution is -2.54. The largest absolute Gasteiger partial charge is 0.417 e. The lowest BCUT2D eigenvalue weighted by atomic mass is 10.0. The van der Waals surface area contributed by atoms with E-state index in [4.69, 9.17) is 9.97 Å². The van der Waals surface area contributed by atoms with E-state index in [1.54, 1.807) is 38.6 Å². The number of carbonyl (C=O) groups is 5. The van der Waals surface area contributed by atoms with Crippen LogP contribution in [0.1, 0.15) is 92.4 Å². The van der Waals surface area contributed by atoms with E-state index in [1.807, 2.05) is 124 Å². The summed E-state index contributed by atoms with van der Waals surface area (Å²) in [5.41, 5.74) is 8.50. The highest BCUT2D eigenvalue weighted by Gasteiger charge is 2.35. The molecule has 0 bridgehead atoms. The molecule has 4 N–H and O–H groups in total. The third-order valence-electron chi connectivity index (χ3n) is 15.4. The van der Waals surface area contributed by atoms with Gasteiger partial charge in [0.25, 0.3) is 29.3 Å². The third-order valence-corrected chi connectivity index (χ3v) is 15.4. The first-order chi connectivity index (χ1) is 38.1. The smallest absolute Gasteiger partial charge is 0.393 e. The zero-order chi connectivity index (χ0) is 53.3. The molecule has 396 valence electrons. The van der Waals surface area contributed by atoms with Gasteiger partial charge >= 0.3 is 5.95 Å². The van der Waals surface area contributed by atoms with Crippen LogP contribution in [0.5, 0.6) is 0 Å². The van der Waals surface area contributed by atoms with Crippen molar-refractivity contribution in [2.45, 2.75) is 57.1 Å². The van der Waals surface area contributed by atoms with Gasteiger partial charge in [-0.2, -0.15) is 9.50 Å². The number of amides is 5. The molecule has 19 nitrogen and oxygen atoms in total. The van der Waals surface area contributed by atoms with Crippen LogP contribution in [-0.2, 0) is 4.79 Å². The molecule has 8 aromatic rings. The Morgan fingerprint density at radius 1 is 0.551 bits per heavy atom. The summed E-state index contributed by atoms with van der Waals surface area (Å²) in [6.45, 7) is 4.49. The summed E-state index contributed by atoms with van der Waals surface area (Å²) in [6.07, 6.45) is 9.34. The number of piperidine rings is 3. The number of pyridine rings is 2. The monoisotopic (exact) mass is 1050 g/mol. The Kier molecular flexibility index (Phi) is 13.8. The van der Waals surface area contributed by atoms with E-state index in [9.17, 15) is 29.1 Å². The van der Waals surface area contributed by atoms with Crippen LogP contribution in [0.3, 0.4) is 0 Å². The second-order valence-electron chi connectivity index (χ2n) is 20.6. The molecular weight excluding hydrogens is 987 g/mol. The van der Waals surface area contributed by atoms with Crippen LogP contribution in [0.2, 0.25) is 0 Å². The number of likely N-dealkylation sites (tertiary alicyclic amines) is 3. The molecule has 1 unspecified atom stereocenters. The van der Waals surface area contributed by atoms with Gasteiger partial charge in [-0.1, -0.05) is 24.3 Å². The lowest BCUT2D eigenvalue weighted by molar-refractivity contribution is -0.773. The number of fused-ring (bicyclic) bond motifs is 2. The molecule has 4 aliphatic rings. The zero-order valence-corrected chi connectivity index (χ0v) is 43.1. The Morgan fingerprint density at radius 3 is 1.72 bits per heavy atom. The molecule has 0 aliphatic carbocycles. The van der Waals surface area contributed by atoms with Crippen molar-refractivity contribution in [3.8, 4) is 22.3 Å². The van der Waals surface area contributed by atoms with E-state index < -0.39 is 0 Å². The topological polar surface area (TPSA) is 206 Å². The van der Waals surface area contributed by atoms with E-state index in [-0.39, 0.29) is 48.2 Å². The minimum absolute atomic E-state index is 0.0187. The van der Waals surface area contributed by atoms with Gasteiger partial charge in [-0.3, -0.25) is 24.0 Å². The van der Waals surface area contributed by atoms with Gasteiger partial charge in [0.15, 0.2) is 5.65 Å². The van der Waals surface area contributed by atoms with E-state index in [0.29, 0.717) is 103 Å². The quantitative estimate of drug-likeness (QED) is 0.0997. The summed E-state index contributed by atoms with van der Waals surface area (Å²) < 4.78 is 5.86. The van der Waals surface area contributed by atoms with Gasteiger partial charge in [0, 0.05) is 97.3 Å². The minimum Gasteiger partial charge on any atom is -0.393 e. The van der Waals surface area contributed by atoms with Crippen LogP contribution in [0, 0.1) is 0 Å². The minimum atomic E-state index is -0.354. The number of aliphatic hydroxyl groups excluding tert-OH is 1. The number of carbonyl (C=O) groups excluding carboxylic acids is 5. The predicted molar refractivity (Wildman–Crippen MR) is 293 cm³/mol. The first-order valence-electron chi connectivity index (χ1n) is 27.0. The maximum Gasteiger partial charge on any atom is 0.417 e. The molecule has 5 amide bonds. The average molecular weight is 1050 g/mol. The fourth-order valence-electron chi connectivity index (χ4n) is 11.2. The van der Waals surface area contributed by atoms with Gasteiger partial charge in [0.05, 0.1) is 24.9 Å². The fourth-order valence-corrected chi connectivity index (χ4v) is 11.2. The number of aliphatic hydroxyl groups is 1. The molecule has 4 fully saturated rings. The Balaban J connectivity index is 0.780. The summed E-state index contributed by atoms with van der Waals surface area (Å²) in [6, 6.07) is 37.4. The van der Waals surface area contributed by atoms with E-state index in [1.165, 1.54) is 0 Å². The number of rotatable bonds is 11. The van der Waals surface area contributed by atoms with Crippen LogP contribution in [0.15, 0.2) is 134 Å². The number of hydrogen-bond acceptors (Lipinski definition) is 11. The maximum absolute atomic E-state index is 14.5. The number of hydrogen-bond donors (Lipinski definition) is 4. The molecule has 12 rings (SSSR count). The Labute approximate surface area is 450 Å². The predicted octanol–water partition coefficient (Wildman–Crippen LogP) is 6.76. The molecule has 78 heavy (non-hydrogen) atoms. The Morgan fingerprint density at radius 2 is 1.09 bits per heavy atom. The van der Waals surface area contributed by atoms with E-state index in [2.05, 4.69) is 25.7 Å². The van der Waals surface area contributed by atoms with Crippen molar-refractivity contribution in [1.82, 2.24) is 49.0 Å². The van der Waals surface area contributed by atoms with E-state index >= 15 is 0 Å². The van der Waals surface area contributed by atoms with Crippen molar-refractivity contribution in [1.29, 1.82) is 0 Å². The second-order valence-corrected chi connectivity index (χ2v) is 20.6. The van der Waals surface area contributed by atoms with E-state index in [0.717, 1.165) is 73.1 Å². The summed E-state index contributed by atoms with van der Waals surface area (Å²) in [7, 11) is 0. The number of anilines is 4. The zero-order valence-electron chi connectivity index (χ0n) is 43.1. The maximum atomic E-state index is 14.5. The third kappa shape index (κ3) is 10.2. The highest BCUT2D eigenvalue weighted by molar-refractivity contribution is 5.98. The standard InChI is InChI=1S/C59H59N13O6/c73-48-26-34-67(35-27-48)55(76)43-18-22-45(23-19-43)61-58-63-52-49(8-5-32-70(52)65-58)39-10-16-42(17-11-39)56(77)68-31-4-7-47(37-68)72-59(62-46-24-20-44(21-25-46)57(78)69-36-28-60-51(74)38-69)64-53-50(9-6-33-71(53)72)40-12-14-41(15-13-40)54(75)66-29-2-1-3-30-66/h5-6,8-25,32-33,47-48,73H,1-4,7,26-31,34-38H2,(H2,60,61,65,74,76)/p+1. The number of aromatic nitrogens is 6. The average Bonchev–Trinajstić information content (AvgIpc) is 4.10. The van der Waals surface area contributed by atoms with Crippen molar-refractivity contribution < 1.29 is 33.8 Å². The van der Waals surface area contributed by atoms with Crippen molar-refractivity contribution in [3.05, 3.63) is 156 Å². The SMILES string of the molecule is O=C1CN(C(=O)c2ccc(Nc3nc4c(-c5ccc(C(=O)N6CCCCC6)cc5)cccn4[n+]3C3CCCN(C(=O)c4ccc(-c5cccn6nc(Nc7ccc(C(=O)N8CCC(O)CC8)cc7)nc56)cc4)C3)cc2)CCN1. The van der Waals surface area contributed by atoms with Gasteiger partial charge in [-0.05, 0) is 158 Å². The number of nitrogens with one attached hydrogen (secondary N) is 3. The van der Waals surface area contributed by atoms with Crippen LogP contribution in [0.4, 0.5) is 23.3 Å². The molecule has 1 atom stereocenters. The number of benzene rings is 4. The Bertz CT molecular complexity index is 3550. The molecule has 4 aromatic heterocycles. The van der Waals surface area contributed by atoms with Gasteiger partial charge in [-0.25, -0.2) is 9.83 Å². The molecule has 0 saturated carbocycles. The van der Waals surface area contributed by atoms with Gasteiger partial charge in [0.2, 0.25) is 11.9 Å². The van der Waals surface area contributed by atoms with Crippen molar-refractivity contribution in [2.75, 3.05) is 69.5 Å². The summed E-state index contributed by atoms with van der Waals surface area (Å²) in [5.74, 6) is 0.457. The molecule has 0 radical (unpaired) electrons. The first kappa shape index (κ1) is 49.9. The van der Waals surface area contributed by atoms with Gasteiger partial charge in [0.1, 0.15) is 6.04 Å². The van der Waals surface area contributed by atoms with Crippen LogP contribution in [0.25, 0.3) is 33.5 Å².